The number of nitrogen functional groups attached to an aromatic ring is 1. The number of benzene rings is 1. The molecule has 2 nitrogen and oxygen atoms in total. The molecule has 2 N–H and O–H groups in total. The van der Waals surface area contributed by atoms with E-state index in [-0.39, 0.29) is 5.82 Å². The average molecular weight is 321 g/mol. The van der Waals surface area contributed by atoms with E-state index < -0.39 is 0 Å². The first kappa shape index (κ1) is 14.6. The van der Waals surface area contributed by atoms with Gasteiger partial charge >= 0.3 is 0 Å². The van der Waals surface area contributed by atoms with Crippen LogP contribution in [0.1, 0.15) is 13.3 Å². The largest absolute Gasteiger partial charge is 0.397 e. The van der Waals surface area contributed by atoms with Crippen LogP contribution in [0.5, 0.6) is 0 Å². The first-order chi connectivity index (χ1) is 7.97. The van der Waals surface area contributed by atoms with Gasteiger partial charge in [-0.1, -0.05) is 0 Å². The highest BCUT2D eigenvalue weighted by Gasteiger charge is 2.14. The van der Waals surface area contributed by atoms with Crippen LogP contribution in [0.2, 0.25) is 0 Å². The zero-order valence-corrected chi connectivity index (χ0v) is 12.7. The van der Waals surface area contributed by atoms with Crippen LogP contribution in [0.4, 0.5) is 15.8 Å². The van der Waals surface area contributed by atoms with E-state index in [0.29, 0.717) is 16.2 Å². The molecular formula is C12H18BrFN2S. The highest BCUT2D eigenvalue weighted by Crippen LogP contribution is 2.30. The van der Waals surface area contributed by atoms with Crippen LogP contribution in [-0.2, 0) is 0 Å². The van der Waals surface area contributed by atoms with Crippen molar-refractivity contribution in [2.45, 2.75) is 19.4 Å². The second-order valence-corrected chi connectivity index (χ2v) is 5.91. The van der Waals surface area contributed by atoms with Crippen LogP contribution in [0.25, 0.3) is 0 Å². The highest BCUT2D eigenvalue weighted by atomic mass is 79.9. The van der Waals surface area contributed by atoms with Crippen molar-refractivity contribution in [1.82, 2.24) is 0 Å². The molecule has 0 fully saturated rings. The SMILES string of the molecule is CSCCC(C)N(C)c1cc(Br)c(F)cc1N. The molecule has 0 aliphatic heterocycles. The van der Waals surface area contributed by atoms with Crippen LogP contribution in [0.15, 0.2) is 16.6 Å². The van der Waals surface area contributed by atoms with Gasteiger partial charge in [0.05, 0.1) is 15.8 Å². The number of rotatable bonds is 5. The quantitative estimate of drug-likeness (QED) is 0.838. The van der Waals surface area contributed by atoms with Gasteiger partial charge in [-0.15, -0.1) is 0 Å². The minimum atomic E-state index is -0.323. The topological polar surface area (TPSA) is 29.3 Å². The Bertz CT molecular complexity index is 387. The summed E-state index contributed by atoms with van der Waals surface area (Å²) in [5, 5.41) is 0. The molecule has 1 aromatic carbocycles. The van der Waals surface area contributed by atoms with E-state index in [1.807, 2.05) is 18.8 Å². The fraction of sp³-hybridized carbons (Fsp3) is 0.500. The van der Waals surface area contributed by atoms with Gasteiger partial charge < -0.3 is 10.6 Å². The number of thioether (sulfide) groups is 1. The molecule has 0 saturated heterocycles. The molecule has 1 unspecified atom stereocenters. The predicted molar refractivity (Wildman–Crippen MR) is 79.4 cm³/mol. The lowest BCUT2D eigenvalue weighted by Gasteiger charge is -2.28. The van der Waals surface area contributed by atoms with Gasteiger partial charge in [0.15, 0.2) is 0 Å². The molecule has 0 radical (unpaired) electrons. The van der Waals surface area contributed by atoms with Gasteiger partial charge in [0.1, 0.15) is 5.82 Å². The smallest absolute Gasteiger partial charge is 0.139 e. The summed E-state index contributed by atoms with van der Waals surface area (Å²) in [6, 6.07) is 3.47. The normalized spacial score (nSPS) is 12.5. The Balaban J connectivity index is 2.88. The molecule has 1 rings (SSSR count). The molecule has 1 aromatic rings. The molecule has 5 heteroatoms. The Morgan fingerprint density at radius 3 is 2.76 bits per heavy atom. The Labute approximate surface area is 115 Å². The Hall–Kier alpha value is -0.420. The van der Waals surface area contributed by atoms with Crippen molar-refractivity contribution < 1.29 is 4.39 Å². The van der Waals surface area contributed by atoms with Crippen molar-refractivity contribution in [3.63, 3.8) is 0 Å². The summed E-state index contributed by atoms with van der Waals surface area (Å²) in [7, 11) is 1.99. The number of nitrogens with two attached hydrogens (primary N) is 1. The summed E-state index contributed by atoms with van der Waals surface area (Å²) in [6.07, 6.45) is 3.17. The highest BCUT2D eigenvalue weighted by molar-refractivity contribution is 9.10. The van der Waals surface area contributed by atoms with Crippen LogP contribution in [0.3, 0.4) is 0 Å². The van der Waals surface area contributed by atoms with Gasteiger partial charge in [-0.05, 0) is 47.3 Å². The lowest BCUT2D eigenvalue weighted by atomic mass is 10.2. The minimum Gasteiger partial charge on any atom is -0.397 e. The molecule has 0 saturated carbocycles. The van der Waals surface area contributed by atoms with E-state index in [1.165, 1.54) is 6.07 Å². The van der Waals surface area contributed by atoms with E-state index in [1.54, 1.807) is 6.07 Å². The van der Waals surface area contributed by atoms with E-state index >= 15 is 0 Å². The molecule has 0 spiro atoms. The van der Waals surface area contributed by atoms with Crippen molar-refractivity contribution >= 4 is 39.1 Å². The summed E-state index contributed by atoms with van der Waals surface area (Å²) >= 11 is 5.01. The zero-order chi connectivity index (χ0) is 13.0. The van der Waals surface area contributed by atoms with Crippen molar-refractivity contribution in [1.29, 1.82) is 0 Å². The second-order valence-electron chi connectivity index (χ2n) is 4.07. The molecule has 96 valence electrons. The summed E-state index contributed by atoms with van der Waals surface area (Å²) in [6.45, 7) is 2.15. The predicted octanol–water partition coefficient (Wildman–Crippen LogP) is 3.75. The third kappa shape index (κ3) is 3.78. The summed E-state index contributed by atoms with van der Waals surface area (Å²) in [5.74, 6) is 0.782. The monoisotopic (exact) mass is 320 g/mol. The number of hydrogen-bond donors (Lipinski definition) is 1. The maximum Gasteiger partial charge on any atom is 0.139 e. The summed E-state index contributed by atoms with van der Waals surface area (Å²) in [4.78, 5) is 2.09. The maximum absolute atomic E-state index is 13.3. The standard InChI is InChI=1S/C12H18BrFN2S/c1-8(4-5-17-3)16(2)12-6-9(13)10(14)7-11(12)15/h6-8H,4-5,15H2,1-3H3. The number of anilines is 2. The van der Waals surface area contributed by atoms with Gasteiger partial charge in [0.25, 0.3) is 0 Å². The average Bonchev–Trinajstić information content (AvgIpc) is 2.29. The first-order valence-electron chi connectivity index (χ1n) is 5.43. The third-order valence-corrected chi connectivity index (χ3v) is 4.10. The number of halogens is 2. The number of hydrogen-bond acceptors (Lipinski definition) is 3. The molecule has 1 atom stereocenters. The van der Waals surface area contributed by atoms with Crippen LogP contribution in [0, 0.1) is 5.82 Å². The molecule has 0 aliphatic rings. The Morgan fingerprint density at radius 2 is 2.18 bits per heavy atom. The van der Waals surface area contributed by atoms with Gasteiger partial charge in [-0.25, -0.2) is 4.39 Å². The van der Waals surface area contributed by atoms with Gasteiger partial charge in [-0.3, -0.25) is 0 Å². The van der Waals surface area contributed by atoms with Crippen LogP contribution in [-0.4, -0.2) is 25.1 Å². The molecule has 0 amide bonds. The van der Waals surface area contributed by atoms with Crippen LogP contribution >= 0.6 is 27.7 Å². The Morgan fingerprint density at radius 1 is 1.53 bits per heavy atom. The first-order valence-corrected chi connectivity index (χ1v) is 7.62. The summed E-state index contributed by atoms with van der Waals surface area (Å²) in [5.41, 5.74) is 7.19. The minimum absolute atomic E-state index is 0.323. The van der Waals surface area contributed by atoms with Crippen LogP contribution < -0.4 is 10.6 Å². The lowest BCUT2D eigenvalue weighted by Crippen LogP contribution is -2.30. The molecule has 0 aliphatic carbocycles. The Kier molecular flexibility index (Phi) is 5.59. The molecule has 0 heterocycles. The van der Waals surface area contributed by atoms with E-state index in [2.05, 4.69) is 34.0 Å². The fourth-order valence-corrected chi connectivity index (χ4v) is 2.48. The molecular weight excluding hydrogens is 303 g/mol. The van der Waals surface area contributed by atoms with Gasteiger partial charge in [-0.2, -0.15) is 11.8 Å². The molecule has 17 heavy (non-hydrogen) atoms. The second kappa shape index (κ2) is 6.50. The number of nitrogens with zero attached hydrogens (tertiary/aromatic N) is 1. The maximum atomic E-state index is 13.3. The van der Waals surface area contributed by atoms with E-state index in [4.69, 9.17) is 5.73 Å². The fourth-order valence-electron chi connectivity index (χ4n) is 1.58. The van der Waals surface area contributed by atoms with Crippen molar-refractivity contribution in [3.05, 3.63) is 22.4 Å². The van der Waals surface area contributed by atoms with Crippen molar-refractivity contribution in [2.75, 3.05) is 29.7 Å². The van der Waals surface area contributed by atoms with Crippen molar-refractivity contribution in [2.24, 2.45) is 0 Å². The summed E-state index contributed by atoms with van der Waals surface area (Å²) < 4.78 is 13.7. The van der Waals surface area contributed by atoms with E-state index in [0.717, 1.165) is 17.9 Å². The third-order valence-electron chi connectivity index (χ3n) is 2.85. The molecule has 0 bridgehead atoms. The van der Waals surface area contributed by atoms with Gasteiger partial charge in [0.2, 0.25) is 0 Å². The zero-order valence-electron chi connectivity index (χ0n) is 10.3. The van der Waals surface area contributed by atoms with Gasteiger partial charge in [0, 0.05) is 19.2 Å². The van der Waals surface area contributed by atoms with Crippen molar-refractivity contribution in [3.8, 4) is 0 Å². The molecule has 0 aromatic heterocycles. The lowest BCUT2D eigenvalue weighted by molar-refractivity contribution is 0.620. The van der Waals surface area contributed by atoms with E-state index in [9.17, 15) is 4.39 Å².